The number of rotatable bonds is 7. The topological polar surface area (TPSA) is 92.1 Å². The predicted octanol–water partition coefficient (Wildman–Crippen LogP) is 2.07. The van der Waals surface area contributed by atoms with Crippen LogP contribution in [0.1, 0.15) is 16.7 Å². The summed E-state index contributed by atoms with van der Waals surface area (Å²) >= 11 is 0. The van der Waals surface area contributed by atoms with Crippen molar-refractivity contribution >= 4 is 6.03 Å². The van der Waals surface area contributed by atoms with Crippen molar-refractivity contribution in [2.45, 2.75) is 19.5 Å². The summed E-state index contributed by atoms with van der Waals surface area (Å²) in [4.78, 5) is 15.8. The lowest BCUT2D eigenvalue weighted by atomic mass is 10.1. The van der Waals surface area contributed by atoms with Gasteiger partial charge in [0.15, 0.2) is 0 Å². The molecule has 2 aromatic carbocycles. The number of phenols is 1. The maximum Gasteiger partial charge on any atom is 0.315 e. The Bertz CT molecular complexity index is 814. The molecule has 0 radical (unpaired) electrons. The molecule has 0 atom stereocenters. The summed E-state index contributed by atoms with van der Waals surface area (Å²) in [6.07, 6.45) is 3.90. The lowest BCUT2D eigenvalue weighted by Gasteiger charge is -2.09. The Kier molecular flexibility index (Phi) is 5.82. The Morgan fingerprint density at radius 2 is 1.65 bits per heavy atom. The van der Waals surface area contributed by atoms with Crippen LogP contribution in [0.2, 0.25) is 0 Å². The molecule has 134 valence electrons. The van der Waals surface area contributed by atoms with Crippen LogP contribution in [0.4, 0.5) is 4.79 Å². The highest BCUT2D eigenvalue weighted by atomic mass is 16.3. The minimum absolute atomic E-state index is 0.199. The van der Waals surface area contributed by atoms with Gasteiger partial charge in [-0.05, 0) is 35.2 Å². The van der Waals surface area contributed by atoms with Crippen molar-refractivity contribution in [3.8, 4) is 5.75 Å². The molecule has 0 aliphatic heterocycles. The average Bonchev–Trinajstić information content (AvgIpc) is 3.16. The fraction of sp³-hybridized carbons (Fsp3) is 0.211. The third-order valence-corrected chi connectivity index (χ3v) is 3.92. The molecule has 0 saturated carbocycles. The zero-order chi connectivity index (χ0) is 18.2. The molecule has 2 amide bonds. The molecule has 0 fully saturated rings. The summed E-state index contributed by atoms with van der Waals surface area (Å²) in [5.74, 6) is 0.242. The number of urea groups is 1. The van der Waals surface area contributed by atoms with Gasteiger partial charge < -0.3 is 15.7 Å². The van der Waals surface area contributed by atoms with E-state index in [4.69, 9.17) is 0 Å². The van der Waals surface area contributed by atoms with Crippen molar-refractivity contribution in [1.29, 1.82) is 0 Å². The molecule has 0 aliphatic rings. The van der Waals surface area contributed by atoms with Gasteiger partial charge in [-0.1, -0.05) is 36.4 Å². The first-order chi connectivity index (χ1) is 12.7. The van der Waals surface area contributed by atoms with E-state index in [-0.39, 0.29) is 11.8 Å². The monoisotopic (exact) mass is 351 g/mol. The second-order valence-electron chi connectivity index (χ2n) is 5.94. The summed E-state index contributed by atoms with van der Waals surface area (Å²) < 4.78 is 1.76. The first-order valence-electron chi connectivity index (χ1n) is 8.39. The van der Waals surface area contributed by atoms with Gasteiger partial charge in [-0.25, -0.2) is 14.5 Å². The Morgan fingerprint density at radius 3 is 2.35 bits per heavy atom. The summed E-state index contributed by atoms with van der Waals surface area (Å²) in [6.45, 7) is 1.67. The van der Waals surface area contributed by atoms with E-state index in [9.17, 15) is 9.90 Å². The minimum Gasteiger partial charge on any atom is -0.508 e. The summed E-state index contributed by atoms with van der Waals surface area (Å²) in [6, 6.07) is 14.8. The summed E-state index contributed by atoms with van der Waals surface area (Å²) in [5.41, 5.74) is 3.21. The van der Waals surface area contributed by atoms with Gasteiger partial charge in [0.25, 0.3) is 0 Å². The third-order valence-electron chi connectivity index (χ3n) is 3.92. The van der Waals surface area contributed by atoms with Crippen molar-refractivity contribution in [2.75, 3.05) is 6.54 Å². The molecular formula is C19H21N5O2. The van der Waals surface area contributed by atoms with Crippen LogP contribution in [0.5, 0.6) is 5.75 Å². The number of carbonyl (C=O) groups excluding carboxylic acids is 1. The van der Waals surface area contributed by atoms with Crippen LogP contribution < -0.4 is 10.6 Å². The second-order valence-corrected chi connectivity index (χ2v) is 5.94. The van der Waals surface area contributed by atoms with Gasteiger partial charge >= 0.3 is 6.03 Å². The number of hydrogen-bond acceptors (Lipinski definition) is 4. The van der Waals surface area contributed by atoms with Gasteiger partial charge in [0.05, 0.1) is 6.54 Å². The highest BCUT2D eigenvalue weighted by Crippen LogP contribution is 2.09. The summed E-state index contributed by atoms with van der Waals surface area (Å²) in [7, 11) is 0. The number of aromatic nitrogens is 3. The predicted molar refractivity (Wildman–Crippen MR) is 97.6 cm³/mol. The molecule has 0 spiro atoms. The zero-order valence-corrected chi connectivity index (χ0v) is 14.3. The van der Waals surface area contributed by atoms with E-state index >= 15 is 0 Å². The molecule has 7 nitrogen and oxygen atoms in total. The van der Waals surface area contributed by atoms with Gasteiger partial charge in [-0.2, -0.15) is 5.10 Å². The number of amides is 2. The van der Waals surface area contributed by atoms with Crippen LogP contribution in [0, 0.1) is 0 Å². The number of nitrogens with one attached hydrogen (secondary N) is 2. The molecule has 0 unspecified atom stereocenters. The van der Waals surface area contributed by atoms with Crippen molar-refractivity contribution in [1.82, 2.24) is 25.4 Å². The van der Waals surface area contributed by atoms with E-state index in [1.165, 1.54) is 6.33 Å². The smallest absolute Gasteiger partial charge is 0.315 e. The third kappa shape index (κ3) is 5.34. The molecule has 0 aliphatic carbocycles. The first kappa shape index (κ1) is 17.5. The highest BCUT2D eigenvalue weighted by molar-refractivity contribution is 5.73. The largest absolute Gasteiger partial charge is 0.508 e. The molecule has 3 N–H and O–H groups in total. The Morgan fingerprint density at radius 1 is 0.962 bits per heavy atom. The number of carbonyl (C=O) groups is 1. The number of phenolic OH excluding ortho intramolecular Hbond substituents is 1. The Balaban J connectivity index is 1.37. The van der Waals surface area contributed by atoms with Crippen LogP contribution >= 0.6 is 0 Å². The first-order valence-corrected chi connectivity index (χ1v) is 8.39. The molecule has 3 rings (SSSR count). The van der Waals surface area contributed by atoms with Gasteiger partial charge in [-0.15, -0.1) is 0 Å². The molecule has 0 bridgehead atoms. The van der Waals surface area contributed by atoms with Crippen molar-refractivity contribution in [3.63, 3.8) is 0 Å². The van der Waals surface area contributed by atoms with E-state index in [1.54, 1.807) is 23.1 Å². The van der Waals surface area contributed by atoms with Crippen molar-refractivity contribution < 1.29 is 9.90 Å². The summed E-state index contributed by atoms with van der Waals surface area (Å²) in [5, 5.41) is 19.0. The average molecular weight is 351 g/mol. The van der Waals surface area contributed by atoms with Crippen LogP contribution in [-0.2, 0) is 19.5 Å². The van der Waals surface area contributed by atoms with E-state index in [1.807, 2.05) is 36.4 Å². The lowest BCUT2D eigenvalue weighted by Crippen LogP contribution is -2.36. The standard InChI is InChI=1S/C19H21N5O2/c25-18-7-5-15(6-8-18)9-10-21-19(26)22-11-16-1-3-17(4-2-16)12-24-14-20-13-23-24/h1-8,13-14,25H,9-12H2,(H2,21,22,26). The van der Waals surface area contributed by atoms with Gasteiger partial charge in [0.1, 0.15) is 18.4 Å². The van der Waals surface area contributed by atoms with Crippen molar-refractivity contribution in [2.24, 2.45) is 0 Å². The van der Waals surface area contributed by atoms with E-state index in [0.29, 0.717) is 26.1 Å². The minimum atomic E-state index is -0.199. The van der Waals surface area contributed by atoms with Crippen LogP contribution in [0.3, 0.4) is 0 Å². The van der Waals surface area contributed by atoms with Crippen LogP contribution in [0.25, 0.3) is 0 Å². The molecule has 7 heteroatoms. The fourth-order valence-corrected chi connectivity index (χ4v) is 2.49. The van der Waals surface area contributed by atoms with E-state index in [0.717, 1.165) is 16.7 Å². The van der Waals surface area contributed by atoms with E-state index in [2.05, 4.69) is 20.7 Å². The van der Waals surface area contributed by atoms with Crippen LogP contribution in [-0.4, -0.2) is 32.4 Å². The SMILES string of the molecule is O=C(NCCc1ccc(O)cc1)NCc1ccc(Cn2cncn2)cc1. The number of benzene rings is 2. The lowest BCUT2D eigenvalue weighted by molar-refractivity contribution is 0.240. The normalized spacial score (nSPS) is 10.5. The van der Waals surface area contributed by atoms with Gasteiger partial charge in [0, 0.05) is 13.1 Å². The molecule has 3 aromatic rings. The number of aromatic hydroxyl groups is 1. The fourth-order valence-electron chi connectivity index (χ4n) is 2.49. The van der Waals surface area contributed by atoms with Crippen molar-refractivity contribution in [3.05, 3.63) is 77.9 Å². The zero-order valence-electron chi connectivity index (χ0n) is 14.3. The van der Waals surface area contributed by atoms with Gasteiger partial charge in [-0.3, -0.25) is 0 Å². The quantitative estimate of drug-likeness (QED) is 0.608. The maximum atomic E-state index is 11.9. The highest BCUT2D eigenvalue weighted by Gasteiger charge is 2.02. The molecule has 26 heavy (non-hydrogen) atoms. The van der Waals surface area contributed by atoms with Crippen LogP contribution in [0.15, 0.2) is 61.2 Å². The number of nitrogens with zero attached hydrogens (tertiary/aromatic N) is 3. The maximum absolute atomic E-state index is 11.9. The number of hydrogen-bond donors (Lipinski definition) is 3. The second kappa shape index (κ2) is 8.66. The molecule has 1 heterocycles. The molecular weight excluding hydrogens is 330 g/mol. The van der Waals surface area contributed by atoms with E-state index < -0.39 is 0 Å². The molecule has 1 aromatic heterocycles. The Labute approximate surface area is 151 Å². The molecule has 0 saturated heterocycles. The van der Waals surface area contributed by atoms with Gasteiger partial charge in [0.2, 0.25) is 0 Å². The Hall–Kier alpha value is -3.35.